The molecule has 2 amide bonds. The van der Waals surface area contributed by atoms with E-state index in [0.717, 1.165) is 37.9 Å². The maximum absolute atomic E-state index is 12.3. The van der Waals surface area contributed by atoms with Crippen LogP contribution in [0.1, 0.15) is 31.2 Å². The highest BCUT2D eigenvalue weighted by atomic mass is 16.5. The van der Waals surface area contributed by atoms with E-state index in [1.165, 1.54) is 0 Å². The molecule has 2 aliphatic rings. The maximum Gasteiger partial charge on any atom is 0.246 e. The summed E-state index contributed by atoms with van der Waals surface area (Å²) in [5.41, 5.74) is 1.01. The molecule has 0 bridgehead atoms. The highest BCUT2D eigenvalue weighted by molar-refractivity contribution is 5.92. The van der Waals surface area contributed by atoms with Crippen LogP contribution in [0.25, 0.3) is 6.08 Å². The Kier molecular flexibility index (Phi) is 6.23. The van der Waals surface area contributed by atoms with Crippen molar-refractivity contribution in [3.05, 3.63) is 42.0 Å². The molecule has 1 aromatic carbocycles. The predicted molar refractivity (Wildman–Crippen MR) is 96.8 cm³/mol. The number of piperidine rings is 1. The highest BCUT2D eigenvalue weighted by Crippen LogP contribution is 2.18. The molecule has 0 aromatic heterocycles. The molecule has 25 heavy (non-hydrogen) atoms. The van der Waals surface area contributed by atoms with E-state index in [4.69, 9.17) is 4.74 Å². The van der Waals surface area contributed by atoms with E-state index in [0.29, 0.717) is 19.6 Å². The third-order valence-electron chi connectivity index (χ3n) is 4.92. The lowest BCUT2D eigenvalue weighted by atomic mass is 9.95. The van der Waals surface area contributed by atoms with E-state index < -0.39 is 0 Å². The number of likely N-dealkylation sites (tertiary alicyclic amines) is 1. The molecule has 2 saturated heterocycles. The van der Waals surface area contributed by atoms with Gasteiger partial charge in [0.15, 0.2) is 0 Å². The largest absolute Gasteiger partial charge is 0.376 e. The van der Waals surface area contributed by atoms with Crippen molar-refractivity contribution >= 4 is 17.9 Å². The predicted octanol–water partition coefficient (Wildman–Crippen LogP) is 2.23. The molecule has 3 rings (SSSR count). The quantitative estimate of drug-likeness (QED) is 0.835. The molecule has 5 nitrogen and oxygen atoms in total. The summed E-state index contributed by atoms with van der Waals surface area (Å²) >= 11 is 0. The second kappa shape index (κ2) is 8.81. The van der Waals surface area contributed by atoms with Crippen molar-refractivity contribution in [3.63, 3.8) is 0 Å². The lowest BCUT2D eigenvalue weighted by molar-refractivity contribution is -0.132. The van der Waals surface area contributed by atoms with Crippen LogP contribution in [0.5, 0.6) is 0 Å². The van der Waals surface area contributed by atoms with E-state index in [-0.39, 0.29) is 23.8 Å². The lowest BCUT2D eigenvalue weighted by Crippen LogP contribution is -2.43. The van der Waals surface area contributed by atoms with Crippen LogP contribution in [0, 0.1) is 5.92 Å². The Morgan fingerprint density at radius 1 is 1.16 bits per heavy atom. The van der Waals surface area contributed by atoms with Gasteiger partial charge in [-0.25, -0.2) is 0 Å². The van der Waals surface area contributed by atoms with Crippen molar-refractivity contribution in [1.82, 2.24) is 10.2 Å². The fourth-order valence-electron chi connectivity index (χ4n) is 3.36. The number of rotatable bonds is 5. The molecule has 2 heterocycles. The Labute approximate surface area is 149 Å². The molecule has 1 aromatic rings. The van der Waals surface area contributed by atoms with Gasteiger partial charge in [-0.05, 0) is 37.3 Å². The monoisotopic (exact) mass is 342 g/mol. The smallest absolute Gasteiger partial charge is 0.246 e. The number of nitrogens with one attached hydrogen (secondary N) is 1. The molecule has 2 aliphatic heterocycles. The Morgan fingerprint density at radius 2 is 1.92 bits per heavy atom. The average molecular weight is 342 g/mol. The molecule has 0 spiro atoms. The number of carbonyl (C=O) groups is 2. The Balaban J connectivity index is 1.40. The van der Waals surface area contributed by atoms with Gasteiger partial charge in [-0.2, -0.15) is 0 Å². The first-order valence-corrected chi connectivity index (χ1v) is 9.14. The fourth-order valence-corrected chi connectivity index (χ4v) is 3.36. The van der Waals surface area contributed by atoms with Crippen LogP contribution in [0.2, 0.25) is 0 Å². The summed E-state index contributed by atoms with van der Waals surface area (Å²) < 4.78 is 5.53. The molecule has 0 aliphatic carbocycles. The fraction of sp³-hybridized carbons (Fsp3) is 0.500. The number of hydrogen-bond donors (Lipinski definition) is 1. The van der Waals surface area contributed by atoms with Crippen molar-refractivity contribution in [2.75, 3.05) is 26.2 Å². The first-order chi connectivity index (χ1) is 12.2. The van der Waals surface area contributed by atoms with Gasteiger partial charge in [0.05, 0.1) is 6.10 Å². The molecule has 2 fully saturated rings. The third-order valence-corrected chi connectivity index (χ3v) is 4.92. The molecular weight excluding hydrogens is 316 g/mol. The van der Waals surface area contributed by atoms with Crippen LogP contribution < -0.4 is 5.32 Å². The maximum atomic E-state index is 12.3. The van der Waals surface area contributed by atoms with Crippen LogP contribution in [0.3, 0.4) is 0 Å². The van der Waals surface area contributed by atoms with Gasteiger partial charge in [-0.1, -0.05) is 30.3 Å². The van der Waals surface area contributed by atoms with Gasteiger partial charge < -0.3 is 15.0 Å². The summed E-state index contributed by atoms with van der Waals surface area (Å²) in [6.07, 6.45) is 7.19. The minimum Gasteiger partial charge on any atom is -0.376 e. The van der Waals surface area contributed by atoms with Crippen LogP contribution in [0.15, 0.2) is 36.4 Å². The SMILES string of the molecule is O=C(NC[C@@H]1CCCO1)C1CCN(C(=O)/C=C/c2ccccc2)CC1. The molecule has 134 valence electrons. The van der Waals surface area contributed by atoms with Crippen molar-refractivity contribution in [2.24, 2.45) is 5.92 Å². The molecule has 5 heteroatoms. The van der Waals surface area contributed by atoms with Crippen LogP contribution >= 0.6 is 0 Å². The molecule has 0 unspecified atom stereocenters. The second-order valence-corrected chi connectivity index (χ2v) is 6.72. The molecular formula is C20H26N2O3. The number of ether oxygens (including phenoxy) is 1. The zero-order valence-electron chi connectivity index (χ0n) is 14.5. The molecule has 1 N–H and O–H groups in total. The topological polar surface area (TPSA) is 58.6 Å². The van der Waals surface area contributed by atoms with E-state index in [9.17, 15) is 9.59 Å². The number of hydrogen-bond acceptors (Lipinski definition) is 3. The van der Waals surface area contributed by atoms with Crippen molar-refractivity contribution in [3.8, 4) is 0 Å². The minimum absolute atomic E-state index is 0.00329. The number of amides is 2. The molecule has 1 atom stereocenters. The average Bonchev–Trinajstić information content (AvgIpc) is 3.19. The molecule has 0 radical (unpaired) electrons. The summed E-state index contributed by atoms with van der Waals surface area (Å²) in [7, 11) is 0. The Morgan fingerprint density at radius 3 is 2.60 bits per heavy atom. The van der Waals surface area contributed by atoms with E-state index in [2.05, 4.69) is 5.32 Å². The third kappa shape index (κ3) is 5.16. The standard InChI is InChI=1S/C20H26N2O3/c23-19(9-8-16-5-2-1-3-6-16)22-12-10-17(11-13-22)20(24)21-15-18-7-4-14-25-18/h1-3,5-6,8-9,17-18H,4,7,10-15H2,(H,21,24)/b9-8+/t18-/m0/s1. The van der Waals surface area contributed by atoms with Gasteiger partial charge in [0.25, 0.3) is 0 Å². The van der Waals surface area contributed by atoms with Gasteiger partial charge in [0.1, 0.15) is 0 Å². The summed E-state index contributed by atoms with van der Waals surface area (Å²) in [5.74, 6) is 0.119. The van der Waals surface area contributed by atoms with Gasteiger partial charge >= 0.3 is 0 Å². The first-order valence-electron chi connectivity index (χ1n) is 9.14. The summed E-state index contributed by atoms with van der Waals surface area (Å²) in [4.78, 5) is 26.4. The zero-order chi connectivity index (χ0) is 17.5. The van der Waals surface area contributed by atoms with Crippen molar-refractivity contribution < 1.29 is 14.3 Å². The van der Waals surface area contributed by atoms with Crippen LogP contribution in [-0.2, 0) is 14.3 Å². The minimum atomic E-state index is 0.00329. The molecule has 0 saturated carbocycles. The van der Waals surface area contributed by atoms with E-state index >= 15 is 0 Å². The first kappa shape index (κ1) is 17.7. The lowest BCUT2D eigenvalue weighted by Gasteiger charge is -2.30. The van der Waals surface area contributed by atoms with Gasteiger partial charge in [-0.15, -0.1) is 0 Å². The van der Waals surface area contributed by atoms with Gasteiger partial charge in [0.2, 0.25) is 11.8 Å². The van der Waals surface area contributed by atoms with E-state index in [1.807, 2.05) is 41.3 Å². The summed E-state index contributed by atoms with van der Waals surface area (Å²) in [6, 6.07) is 9.78. The number of nitrogens with zero attached hydrogens (tertiary/aromatic N) is 1. The van der Waals surface area contributed by atoms with E-state index in [1.54, 1.807) is 6.08 Å². The Hall–Kier alpha value is -2.14. The summed E-state index contributed by atoms with van der Waals surface area (Å²) in [5, 5.41) is 3.00. The normalized spacial score (nSPS) is 21.6. The Bertz CT molecular complexity index is 601. The van der Waals surface area contributed by atoms with Crippen LogP contribution in [-0.4, -0.2) is 49.1 Å². The van der Waals surface area contributed by atoms with Crippen molar-refractivity contribution in [2.45, 2.75) is 31.8 Å². The van der Waals surface area contributed by atoms with Gasteiger partial charge in [-0.3, -0.25) is 9.59 Å². The highest BCUT2D eigenvalue weighted by Gasteiger charge is 2.27. The number of benzene rings is 1. The zero-order valence-corrected chi connectivity index (χ0v) is 14.5. The van der Waals surface area contributed by atoms with Crippen LogP contribution in [0.4, 0.5) is 0 Å². The summed E-state index contributed by atoms with van der Waals surface area (Å²) in [6.45, 7) is 2.68. The van der Waals surface area contributed by atoms with Gasteiger partial charge in [0, 0.05) is 38.2 Å². The second-order valence-electron chi connectivity index (χ2n) is 6.72. The van der Waals surface area contributed by atoms with Crippen molar-refractivity contribution in [1.29, 1.82) is 0 Å². The number of carbonyl (C=O) groups excluding carboxylic acids is 2.